The molecule has 1 aromatic heterocycles. The summed E-state index contributed by atoms with van der Waals surface area (Å²) in [5.41, 5.74) is 6.06. The standard InChI is InChI=1S/C26H25ClN4OS/c1-4-19-7-13-22(14-8-19)31-25(20-9-11-21(27)12-10-20)29-30-26(31)33-16-24(32)28-23-15-17(2)5-6-18(23)3/h5-15H,4,16H2,1-3H3,(H,28,32). The maximum atomic E-state index is 12.7. The summed E-state index contributed by atoms with van der Waals surface area (Å²) >= 11 is 7.43. The Bertz CT molecular complexity index is 1270. The Balaban J connectivity index is 1.61. The minimum atomic E-state index is -0.0855. The minimum absolute atomic E-state index is 0.0855. The summed E-state index contributed by atoms with van der Waals surface area (Å²) < 4.78 is 1.98. The van der Waals surface area contributed by atoms with Gasteiger partial charge in [0, 0.05) is 22.0 Å². The molecule has 0 saturated carbocycles. The van der Waals surface area contributed by atoms with Crippen LogP contribution in [0.15, 0.2) is 71.9 Å². The molecular formula is C26H25ClN4OS. The first kappa shape index (κ1) is 23.1. The average molecular weight is 477 g/mol. The van der Waals surface area contributed by atoms with Crippen molar-refractivity contribution in [2.75, 3.05) is 11.1 Å². The van der Waals surface area contributed by atoms with Crippen LogP contribution in [0.3, 0.4) is 0 Å². The topological polar surface area (TPSA) is 59.8 Å². The number of halogens is 1. The van der Waals surface area contributed by atoms with Crippen LogP contribution in [-0.2, 0) is 11.2 Å². The number of nitrogens with one attached hydrogen (secondary N) is 1. The number of carbonyl (C=O) groups is 1. The minimum Gasteiger partial charge on any atom is -0.325 e. The van der Waals surface area contributed by atoms with Crippen molar-refractivity contribution in [2.24, 2.45) is 0 Å². The smallest absolute Gasteiger partial charge is 0.234 e. The number of aromatic nitrogens is 3. The number of nitrogens with zero attached hydrogens (tertiary/aromatic N) is 3. The lowest BCUT2D eigenvalue weighted by atomic mass is 10.1. The Hall–Kier alpha value is -3.09. The zero-order chi connectivity index (χ0) is 23.4. The Morgan fingerprint density at radius 2 is 1.73 bits per heavy atom. The summed E-state index contributed by atoms with van der Waals surface area (Å²) in [4.78, 5) is 12.7. The molecule has 0 fully saturated rings. The molecule has 0 aliphatic heterocycles. The van der Waals surface area contributed by atoms with Gasteiger partial charge >= 0.3 is 0 Å². The van der Waals surface area contributed by atoms with Crippen molar-refractivity contribution < 1.29 is 4.79 Å². The largest absolute Gasteiger partial charge is 0.325 e. The van der Waals surface area contributed by atoms with E-state index in [0.29, 0.717) is 16.0 Å². The summed E-state index contributed by atoms with van der Waals surface area (Å²) in [7, 11) is 0. The molecule has 1 heterocycles. The van der Waals surface area contributed by atoms with E-state index in [2.05, 4.69) is 46.7 Å². The first-order valence-corrected chi connectivity index (χ1v) is 12.1. The van der Waals surface area contributed by atoms with Crippen LogP contribution >= 0.6 is 23.4 Å². The quantitative estimate of drug-likeness (QED) is 0.309. The lowest BCUT2D eigenvalue weighted by Gasteiger charge is -2.12. The molecule has 0 radical (unpaired) electrons. The highest BCUT2D eigenvalue weighted by Gasteiger charge is 2.18. The van der Waals surface area contributed by atoms with Gasteiger partial charge in [0.15, 0.2) is 11.0 Å². The van der Waals surface area contributed by atoms with Gasteiger partial charge in [0.05, 0.1) is 5.75 Å². The van der Waals surface area contributed by atoms with E-state index in [-0.39, 0.29) is 11.7 Å². The van der Waals surface area contributed by atoms with Crippen LogP contribution in [0.25, 0.3) is 17.1 Å². The number of anilines is 1. The Kier molecular flexibility index (Phi) is 7.16. The fourth-order valence-electron chi connectivity index (χ4n) is 3.45. The van der Waals surface area contributed by atoms with Gasteiger partial charge in [-0.25, -0.2) is 0 Å². The number of amides is 1. The molecule has 0 atom stereocenters. The molecule has 0 aliphatic rings. The van der Waals surface area contributed by atoms with Crippen LogP contribution in [-0.4, -0.2) is 26.4 Å². The molecule has 0 unspecified atom stereocenters. The van der Waals surface area contributed by atoms with E-state index in [4.69, 9.17) is 11.6 Å². The van der Waals surface area contributed by atoms with Gasteiger partial charge in [0.1, 0.15) is 0 Å². The van der Waals surface area contributed by atoms with Gasteiger partial charge in [-0.2, -0.15) is 0 Å². The van der Waals surface area contributed by atoms with Gasteiger partial charge < -0.3 is 5.32 Å². The lowest BCUT2D eigenvalue weighted by molar-refractivity contribution is -0.113. The molecule has 0 aliphatic carbocycles. The lowest BCUT2D eigenvalue weighted by Crippen LogP contribution is -2.15. The Labute approximate surface area is 203 Å². The van der Waals surface area contributed by atoms with Gasteiger partial charge in [-0.15, -0.1) is 10.2 Å². The fraction of sp³-hybridized carbons (Fsp3) is 0.192. The third-order valence-electron chi connectivity index (χ3n) is 5.34. The Morgan fingerprint density at radius 3 is 2.42 bits per heavy atom. The van der Waals surface area contributed by atoms with Crippen LogP contribution < -0.4 is 5.32 Å². The molecule has 168 valence electrons. The summed E-state index contributed by atoms with van der Waals surface area (Å²) in [6, 6.07) is 21.8. The van der Waals surface area contributed by atoms with Crippen molar-refractivity contribution in [1.82, 2.24) is 14.8 Å². The van der Waals surface area contributed by atoms with Gasteiger partial charge in [0.2, 0.25) is 5.91 Å². The first-order valence-electron chi connectivity index (χ1n) is 10.7. The van der Waals surface area contributed by atoms with E-state index in [0.717, 1.165) is 34.5 Å². The third kappa shape index (κ3) is 5.46. The molecule has 0 bridgehead atoms. The van der Waals surface area contributed by atoms with Crippen molar-refractivity contribution in [3.05, 3.63) is 88.4 Å². The SMILES string of the molecule is CCc1ccc(-n2c(SCC(=O)Nc3cc(C)ccc3C)nnc2-c2ccc(Cl)cc2)cc1. The fourth-order valence-corrected chi connectivity index (χ4v) is 4.33. The third-order valence-corrected chi connectivity index (χ3v) is 6.52. The number of thioether (sulfide) groups is 1. The number of benzene rings is 3. The van der Waals surface area contributed by atoms with Gasteiger partial charge in [-0.05, 0) is 79.4 Å². The highest BCUT2D eigenvalue weighted by molar-refractivity contribution is 7.99. The summed E-state index contributed by atoms with van der Waals surface area (Å²) in [5, 5.41) is 13.2. The summed E-state index contributed by atoms with van der Waals surface area (Å²) in [6.45, 7) is 6.12. The van der Waals surface area contributed by atoms with E-state index in [1.54, 1.807) is 0 Å². The normalized spacial score (nSPS) is 10.9. The maximum Gasteiger partial charge on any atom is 0.234 e. The van der Waals surface area contributed by atoms with E-state index in [1.807, 2.05) is 60.9 Å². The van der Waals surface area contributed by atoms with Crippen molar-refractivity contribution >= 4 is 35.0 Å². The van der Waals surface area contributed by atoms with Gasteiger partial charge in [0.25, 0.3) is 0 Å². The molecule has 3 aromatic carbocycles. The second-order valence-corrected chi connectivity index (χ2v) is 9.20. The molecule has 0 saturated heterocycles. The van der Waals surface area contributed by atoms with Crippen molar-refractivity contribution in [1.29, 1.82) is 0 Å². The predicted octanol–water partition coefficient (Wildman–Crippen LogP) is 6.50. The molecule has 33 heavy (non-hydrogen) atoms. The monoisotopic (exact) mass is 476 g/mol. The summed E-state index contributed by atoms with van der Waals surface area (Å²) in [6.07, 6.45) is 0.965. The van der Waals surface area contributed by atoms with Crippen LogP contribution in [0.2, 0.25) is 5.02 Å². The predicted molar refractivity (Wildman–Crippen MR) is 136 cm³/mol. The molecule has 4 rings (SSSR count). The van der Waals surface area contributed by atoms with Gasteiger partial charge in [-0.3, -0.25) is 9.36 Å². The van der Waals surface area contributed by atoms with Gasteiger partial charge in [-0.1, -0.05) is 54.6 Å². The maximum absolute atomic E-state index is 12.7. The van der Waals surface area contributed by atoms with E-state index in [9.17, 15) is 4.79 Å². The molecular weight excluding hydrogens is 452 g/mol. The van der Waals surface area contributed by atoms with Crippen molar-refractivity contribution in [2.45, 2.75) is 32.3 Å². The highest BCUT2D eigenvalue weighted by Crippen LogP contribution is 2.29. The molecule has 0 spiro atoms. The van der Waals surface area contributed by atoms with Crippen LogP contribution in [0.5, 0.6) is 0 Å². The number of rotatable bonds is 7. The van der Waals surface area contributed by atoms with E-state index < -0.39 is 0 Å². The zero-order valence-electron chi connectivity index (χ0n) is 18.8. The summed E-state index contributed by atoms with van der Waals surface area (Å²) in [5.74, 6) is 0.838. The average Bonchev–Trinajstić information content (AvgIpc) is 3.24. The molecule has 5 nitrogen and oxygen atoms in total. The Morgan fingerprint density at radius 1 is 1.00 bits per heavy atom. The molecule has 1 amide bonds. The highest BCUT2D eigenvalue weighted by atomic mass is 35.5. The second-order valence-electron chi connectivity index (χ2n) is 7.82. The molecule has 4 aromatic rings. The van der Waals surface area contributed by atoms with E-state index in [1.165, 1.54) is 17.3 Å². The second kappa shape index (κ2) is 10.2. The van der Waals surface area contributed by atoms with Crippen LogP contribution in [0, 0.1) is 13.8 Å². The number of aryl methyl sites for hydroxylation is 3. The van der Waals surface area contributed by atoms with E-state index >= 15 is 0 Å². The number of hydrogen-bond donors (Lipinski definition) is 1. The van der Waals surface area contributed by atoms with Crippen molar-refractivity contribution in [3.63, 3.8) is 0 Å². The van der Waals surface area contributed by atoms with Crippen LogP contribution in [0.1, 0.15) is 23.6 Å². The molecule has 7 heteroatoms. The number of hydrogen-bond acceptors (Lipinski definition) is 4. The number of carbonyl (C=O) groups excluding carboxylic acids is 1. The first-order chi connectivity index (χ1) is 15.9. The molecule has 1 N–H and O–H groups in total. The zero-order valence-corrected chi connectivity index (χ0v) is 20.4. The van der Waals surface area contributed by atoms with Crippen molar-refractivity contribution in [3.8, 4) is 17.1 Å². The van der Waals surface area contributed by atoms with Crippen LogP contribution in [0.4, 0.5) is 5.69 Å².